The number of amides is 1. The lowest BCUT2D eigenvalue weighted by Crippen LogP contribution is -2.41. The molecule has 0 bridgehead atoms. The van der Waals surface area contributed by atoms with Crippen molar-refractivity contribution in [3.63, 3.8) is 0 Å². The molecule has 8 nitrogen and oxygen atoms in total. The fraction of sp³-hybridized carbons (Fsp3) is 0.600. The predicted molar refractivity (Wildman–Crippen MR) is 115 cm³/mol. The van der Waals surface area contributed by atoms with Gasteiger partial charge in [-0.25, -0.2) is 8.42 Å². The van der Waals surface area contributed by atoms with Crippen LogP contribution in [-0.4, -0.2) is 67.5 Å². The summed E-state index contributed by atoms with van der Waals surface area (Å²) < 4.78 is 35.1. The van der Waals surface area contributed by atoms with Crippen molar-refractivity contribution in [3.05, 3.63) is 27.9 Å². The zero-order valence-electron chi connectivity index (χ0n) is 16.9. The molecule has 0 radical (unpaired) electrons. The van der Waals surface area contributed by atoms with E-state index in [9.17, 15) is 18.0 Å². The zero-order valence-corrected chi connectivity index (χ0v) is 18.5. The number of benzene rings is 1. The molecule has 0 aliphatic carbocycles. The molecule has 0 N–H and O–H groups in total. The van der Waals surface area contributed by atoms with E-state index in [4.69, 9.17) is 4.74 Å². The quantitative estimate of drug-likeness (QED) is 0.690. The maximum atomic E-state index is 13.1. The minimum absolute atomic E-state index is 0.00455. The Bertz CT molecular complexity index is 1060. The van der Waals surface area contributed by atoms with Crippen molar-refractivity contribution in [2.45, 2.75) is 43.5 Å². The van der Waals surface area contributed by atoms with E-state index < -0.39 is 10.0 Å². The van der Waals surface area contributed by atoms with Gasteiger partial charge in [0.1, 0.15) is 0 Å². The van der Waals surface area contributed by atoms with Crippen LogP contribution in [0.3, 0.4) is 0 Å². The number of morpholine rings is 1. The third-order valence-electron chi connectivity index (χ3n) is 5.76. The van der Waals surface area contributed by atoms with Gasteiger partial charge < -0.3 is 9.64 Å². The summed E-state index contributed by atoms with van der Waals surface area (Å²) >= 11 is 1.03. The van der Waals surface area contributed by atoms with Gasteiger partial charge in [0, 0.05) is 39.1 Å². The van der Waals surface area contributed by atoms with Crippen molar-refractivity contribution >= 4 is 37.5 Å². The summed E-state index contributed by atoms with van der Waals surface area (Å²) in [5, 5.41) is 0. The topological polar surface area (TPSA) is 88.9 Å². The standard InChI is InChI=1S/C20H27N3O5S2/c24-19(21-11-13-28-14-12-21)7-10-23-17-6-5-16(15-18(17)29-20(23)25)30(26,27)22-8-3-1-2-4-9-22/h5-6,15H,1-4,7-14H2. The van der Waals surface area contributed by atoms with Crippen molar-refractivity contribution in [1.29, 1.82) is 0 Å². The highest BCUT2D eigenvalue weighted by molar-refractivity contribution is 7.89. The molecule has 0 saturated carbocycles. The Morgan fingerprint density at radius 2 is 1.73 bits per heavy atom. The molecule has 1 amide bonds. The molecule has 3 heterocycles. The Hall–Kier alpha value is -1.75. The monoisotopic (exact) mass is 453 g/mol. The first-order valence-electron chi connectivity index (χ1n) is 10.5. The van der Waals surface area contributed by atoms with Crippen molar-refractivity contribution in [1.82, 2.24) is 13.8 Å². The van der Waals surface area contributed by atoms with Gasteiger partial charge in [0.05, 0.1) is 28.3 Å². The number of hydrogen-bond donors (Lipinski definition) is 0. The lowest BCUT2D eigenvalue weighted by atomic mass is 10.2. The summed E-state index contributed by atoms with van der Waals surface area (Å²) in [4.78, 5) is 26.7. The van der Waals surface area contributed by atoms with Crippen molar-refractivity contribution in [3.8, 4) is 0 Å². The summed E-state index contributed by atoms with van der Waals surface area (Å²) in [6.07, 6.45) is 4.10. The number of hydrogen-bond acceptors (Lipinski definition) is 6. The number of nitrogens with zero attached hydrogens (tertiary/aromatic N) is 3. The Kier molecular flexibility index (Phi) is 6.57. The maximum Gasteiger partial charge on any atom is 0.308 e. The van der Waals surface area contributed by atoms with Gasteiger partial charge in [-0.3, -0.25) is 14.2 Å². The van der Waals surface area contributed by atoms with E-state index >= 15 is 0 Å². The summed E-state index contributed by atoms with van der Waals surface area (Å²) in [7, 11) is -3.56. The summed E-state index contributed by atoms with van der Waals surface area (Å²) in [5.74, 6) is 0.00455. The Labute approximate surface area is 180 Å². The summed E-state index contributed by atoms with van der Waals surface area (Å²) in [6.45, 7) is 3.62. The lowest BCUT2D eigenvalue weighted by Gasteiger charge is -2.26. The molecule has 0 unspecified atom stereocenters. The number of carbonyl (C=O) groups excluding carboxylic acids is 1. The van der Waals surface area contributed by atoms with E-state index in [1.807, 2.05) is 0 Å². The second-order valence-electron chi connectivity index (χ2n) is 7.71. The van der Waals surface area contributed by atoms with Gasteiger partial charge in [-0.2, -0.15) is 4.31 Å². The van der Waals surface area contributed by atoms with Crippen LogP contribution in [0.5, 0.6) is 0 Å². The molecule has 2 fully saturated rings. The average molecular weight is 454 g/mol. The van der Waals surface area contributed by atoms with Crippen LogP contribution in [0.25, 0.3) is 10.2 Å². The number of ether oxygens (including phenoxy) is 1. The Morgan fingerprint density at radius 1 is 1.03 bits per heavy atom. The minimum atomic E-state index is -3.56. The molecular formula is C20H27N3O5S2. The van der Waals surface area contributed by atoms with Crippen LogP contribution in [0.4, 0.5) is 0 Å². The van der Waals surface area contributed by atoms with Crippen LogP contribution >= 0.6 is 11.3 Å². The SMILES string of the molecule is O=C(CCn1c(=O)sc2cc(S(=O)(=O)N3CCCCCC3)ccc21)N1CCOCC1. The van der Waals surface area contributed by atoms with Gasteiger partial charge in [-0.1, -0.05) is 24.2 Å². The number of fused-ring (bicyclic) bond motifs is 1. The third kappa shape index (κ3) is 4.46. The molecule has 4 rings (SSSR count). The number of sulfonamides is 1. The van der Waals surface area contributed by atoms with Crippen LogP contribution in [0.1, 0.15) is 32.1 Å². The fourth-order valence-electron chi connectivity index (χ4n) is 4.03. The molecule has 10 heteroatoms. The Morgan fingerprint density at radius 3 is 2.43 bits per heavy atom. The van der Waals surface area contributed by atoms with Gasteiger partial charge in [-0.05, 0) is 31.0 Å². The number of thiazole rings is 1. The lowest BCUT2D eigenvalue weighted by molar-refractivity contribution is -0.135. The van der Waals surface area contributed by atoms with Crippen LogP contribution in [0, 0.1) is 0 Å². The molecule has 1 aromatic carbocycles. The molecule has 0 spiro atoms. The maximum absolute atomic E-state index is 13.1. The number of aromatic nitrogens is 1. The van der Waals surface area contributed by atoms with Crippen LogP contribution in [-0.2, 0) is 26.1 Å². The zero-order chi connectivity index (χ0) is 21.1. The Balaban J connectivity index is 1.53. The van der Waals surface area contributed by atoms with E-state index in [0.29, 0.717) is 49.6 Å². The predicted octanol–water partition coefficient (Wildman–Crippen LogP) is 1.88. The summed E-state index contributed by atoms with van der Waals surface area (Å²) in [6, 6.07) is 4.87. The number of aryl methyl sites for hydroxylation is 1. The second-order valence-corrected chi connectivity index (χ2v) is 10.6. The van der Waals surface area contributed by atoms with Gasteiger partial charge >= 0.3 is 4.87 Å². The van der Waals surface area contributed by atoms with E-state index in [1.165, 1.54) is 0 Å². The highest BCUT2D eigenvalue weighted by Gasteiger charge is 2.26. The normalized spacial score (nSPS) is 19.1. The summed E-state index contributed by atoms with van der Waals surface area (Å²) in [5.41, 5.74) is 0.676. The molecule has 2 aliphatic rings. The minimum Gasteiger partial charge on any atom is -0.378 e. The van der Waals surface area contributed by atoms with Gasteiger partial charge in [0.15, 0.2) is 0 Å². The van der Waals surface area contributed by atoms with Crippen LogP contribution < -0.4 is 4.87 Å². The molecule has 2 aliphatic heterocycles. The van der Waals surface area contributed by atoms with E-state index in [2.05, 4.69) is 0 Å². The second kappa shape index (κ2) is 9.17. The molecule has 164 valence electrons. The van der Waals surface area contributed by atoms with E-state index in [-0.39, 0.29) is 28.6 Å². The first-order valence-corrected chi connectivity index (χ1v) is 12.7. The molecule has 2 aromatic rings. The van der Waals surface area contributed by atoms with Gasteiger partial charge in [0.2, 0.25) is 15.9 Å². The average Bonchev–Trinajstić information content (AvgIpc) is 2.91. The first kappa shape index (κ1) is 21.5. The molecule has 2 saturated heterocycles. The van der Waals surface area contributed by atoms with Crippen molar-refractivity contribution in [2.24, 2.45) is 0 Å². The number of rotatable bonds is 5. The smallest absolute Gasteiger partial charge is 0.308 e. The fourth-order valence-corrected chi connectivity index (χ4v) is 6.60. The highest BCUT2D eigenvalue weighted by Crippen LogP contribution is 2.26. The largest absolute Gasteiger partial charge is 0.378 e. The van der Waals surface area contributed by atoms with Crippen LogP contribution in [0.2, 0.25) is 0 Å². The van der Waals surface area contributed by atoms with E-state index in [0.717, 1.165) is 37.0 Å². The molecule has 1 aromatic heterocycles. The first-order chi connectivity index (χ1) is 14.5. The van der Waals surface area contributed by atoms with Gasteiger partial charge in [-0.15, -0.1) is 0 Å². The highest BCUT2D eigenvalue weighted by atomic mass is 32.2. The molecule has 30 heavy (non-hydrogen) atoms. The third-order valence-corrected chi connectivity index (χ3v) is 8.59. The molecule has 0 atom stereocenters. The van der Waals surface area contributed by atoms with E-state index in [1.54, 1.807) is 32.0 Å². The van der Waals surface area contributed by atoms with Crippen molar-refractivity contribution < 1.29 is 17.9 Å². The molecular weight excluding hydrogens is 426 g/mol. The number of carbonyl (C=O) groups is 1. The van der Waals surface area contributed by atoms with Gasteiger partial charge in [0.25, 0.3) is 0 Å². The van der Waals surface area contributed by atoms with Crippen molar-refractivity contribution in [2.75, 3.05) is 39.4 Å². The van der Waals surface area contributed by atoms with Crippen LogP contribution in [0.15, 0.2) is 27.9 Å².